The van der Waals surface area contributed by atoms with Crippen molar-refractivity contribution in [3.8, 4) is 0 Å². The summed E-state index contributed by atoms with van der Waals surface area (Å²) in [6, 6.07) is 0. The summed E-state index contributed by atoms with van der Waals surface area (Å²) < 4.78 is 16.9. The van der Waals surface area contributed by atoms with Gasteiger partial charge in [0, 0.05) is 19.3 Å². The Labute approximate surface area is 472 Å². The molecule has 76 heavy (non-hydrogen) atoms. The molecule has 0 aliphatic rings. The molecule has 0 rings (SSSR count). The van der Waals surface area contributed by atoms with Gasteiger partial charge in [0.1, 0.15) is 13.2 Å². The summed E-state index contributed by atoms with van der Waals surface area (Å²) in [5.41, 5.74) is 0. The maximum atomic E-state index is 12.9. The molecule has 0 aromatic carbocycles. The third-order valence-corrected chi connectivity index (χ3v) is 14.4. The van der Waals surface area contributed by atoms with Crippen LogP contribution in [-0.2, 0) is 28.6 Å². The first kappa shape index (κ1) is 72.8. The highest BCUT2D eigenvalue weighted by molar-refractivity contribution is 5.71. The molecule has 0 spiro atoms. The number of hydrogen-bond donors (Lipinski definition) is 0. The molecule has 0 fully saturated rings. The summed E-state index contributed by atoms with van der Waals surface area (Å²) in [4.78, 5) is 38.3. The van der Waals surface area contributed by atoms with E-state index < -0.39 is 6.10 Å². The van der Waals surface area contributed by atoms with Gasteiger partial charge in [-0.25, -0.2) is 0 Å². The molecule has 6 nitrogen and oxygen atoms in total. The average Bonchev–Trinajstić information content (AvgIpc) is 3.42. The van der Waals surface area contributed by atoms with E-state index in [1.807, 2.05) is 0 Å². The minimum atomic E-state index is -0.780. The molecule has 0 aromatic rings. The van der Waals surface area contributed by atoms with Gasteiger partial charge >= 0.3 is 17.9 Å². The number of carbonyl (C=O) groups excluding carboxylic acids is 3. The Hall–Kier alpha value is -3.15. The molecule has 1 atom stereocenters. The van der Waals surface area contributed by atoms with Gasteiger partial charge in [0.25, 0.3) is 0 Å². The van der Waals surface area contributed by atoms with Crippen LogP contribution in [0.2, 0.25) is 0 Å². The smallest absolute Gasteiger partial charge is 0.306 e. The lowest BCUT2D eigenvalue weighted by atomic mass is 10.0. The molecule has 0 amide bonds. The van der Waals surface area contributed by atoms with Crippen molar-refractivity contribution in [3.05, 3.63) is 72.9 Å². The van der Waals surface area contributed by atoms with Gasteiger partial charge in [-0.2, -0.15) is 0 Å². The zero-order valence-corrected chi connectivity index (χ0v) is 50.5. The Bertz CT molecular complexity index is 1400. The number of unbranched alkanes of at least 4 members (excludes halogenated alkanes) is 37. The van der Waals surface area contributed by atoms with Crippen molar-refractivity contribution in [2.75, 3.05) is 13.2 Å². The van der Waals surface area contributed by atoms with E-state index in [1.165, 1.54) is 186 Å². The van der Waals surface area contributed by atoms with E-state index in [0.717, 1.165) is 109 Å². The molecular weight excluding hydrogens is 937 g/mol. The predicted molar refractivity (Wildman–Crippen MR) is 330 cm³/mol. The van der Waals surface area contributed by atoms with Crippen molar-refractivity contribution in [2.45, 2.75) is 341 Å². The van der Waals surface area contributed by atoms with Crippen molar-refractivity contribution >= 4 is 17.9 Å². The van der Waals surface area contributed by atoms with Gasteiger partial charge in [-0.3, -0.25) is 14.4 Å². The van der Waals surface area contributed by atoms with Crippen molar-refractivity contribution in [1.29, 1.82) is 0 Å². The van der Waals surface area contributed by atoms with Crippen LogP contribution in [0.4, 0.5) is 0 Å². The van der Waals surface area contributed by atoms with E-state index in [-0.39, 0.29) is 31.1 Å². The normalized spacial score (nSPS) is 12.5. The quantitative estimate of drug-likeness (QED) is 0.0261. The third kappa shape index (κ3) is 61.7. The molecular formula is C70H124O6. The van der Waals surface area contributed by atoms with Crippen molar-refractivity contribution in [2.24, 2.45) is 0 Å². The Morgan fingerprint density at radius 1 is 0.276 bits per heavy atom. The molecule has 0 saturated heterocycles. The lowest BCUT2D eigenvalue weighted by Crippen LogP contribution is -2.30. The molecule has 0 radical (unpaired) electrons. The first-order chi connectivity index (χ1) is 37.5. The number of allylic oxidation sites excluding steroid dienone is 12. The van der Waals surface area contributed by atoms with Gasteiger partial charge in [-0.15, -0.1) is 0 Å². The van der Waals surface area contributed by atoms with Crippen LogP contribution in [-0.4, -0.2) is 37.2 Å². The zero-order valence-electron chi connectivity index (χ0n) is 50.5. The maximum absolute atomic E-state index is 12.9. The van der Waals surface area contributed by atoms with Crippen LogP contribution < -0.4 is 0 Å². The van der Waals surface area contributed by atoms with Gasteiger partial charge in [-0.1, -0.05) is 299 Å². The van der Waals surface area contributed by atoms with Crippen molar-refractivity contribution < 1.29 is 28.6 Å². The Kier molecular flexibility index (Phi) is 61.7. The van der Waals surface area contributed by atoms with E-state index in [0.29, 0.717) is 19.3 Å². The molecule has 0 aliphatic heterocycles. The summed E-state index contributed by atoms with van der Waals surface area (Å²) in [6.07, 6.45) is 83.4. The first-order valence-electron chi connectivity index (χ1n) is 32.9. The topological polar surface area (TPSA) is 78.9 Å². The fourth-order valence-corrected chi connectivity index (χ4v) is 9.53. The zero-order chi connectivity index (χ0) is 55.0. The van der Waals surface area contributed by atoms with Crippen LogP contribution in [0, 0.1) is 0 Å². The second-order valence-corrected chi connectivity index (χ2v) is 22.0. The van der Waals surface area contributed by atoms with Crippen LogP contribution >= 0.6 is 0 Å². The Morgan fingerprint density at radius 2 is 0.513 bits per heavy atom. The van der Waals surface area contributed by atoms with Crippen molar-refractivity contribution in [1.82, 2.24) is 0 Å². The molecule has 0 heterocycles. The maximum Gasteiger partial charge on any atom is 0.306 e. The highest BCUT2D eigenvalue weighted by atomic mass is 16.6. The van der Waals surface area contributed by atoms with Gasteiger partial charge in [-0.05, 0) is 89.9 Å². The second-order valence-electron chi connectivity index (χ2n) is 22.0. The van der Waals surface area contributed by atoms with Gasteiger partial charge < -0.3 is 14.2 Å². The number of rotatable bonds is 60. The standard InChI is InChI=1S/C70H124O6/c1-4-7-10-13-16-19-22-25-28-29-30-31-32-33-34-35-36-37-38-39-40-41-43-45-48-51-54-57-60-63-69(72)75-66-67(65-74-68(71)62-59-56-53-50-47-44-27-24-21-18-15-12-9-6-3)76-70(73)64-61-58-55-52-49-46-42-26-23-20-17-14-11-8-5-2/h7,10,16-17,19-20,25-26,28,30-31,42,67H,4-6,8-9,11-15,18,21-24,27,29,32-41,43-66H2,1-3H3/b10-7-,19-16-,20-17-,28-25-,31-30-,42-26-. The monoisotopic (exact) mass is 1060 g/mol. The third-order valence-electron chi connectivity index (χ3n) is 14.4. The van der Waals surface area contributed by atoms with Crippen LogP contribution in [0.15, 0.2) is 72.9 Å². The van der Waals surface area contributed by atoms with E-state index in [4.69, 9.17) is 14.2 Å². The lowest BCUT2D eigenvalue weighted by Gasteiger charge is -2.18. The SMILES string of the molecule is CC/C=C\C/C=C\C/C=C\C/C=C\CCCCCCCCCCCCCCCCCCC(=O)OCC(COC(=O)CCCCCCCCCCCCCCCC)OC(=O)CCCCCCC/C=C\C/C=C\CCCCC. The fourth-order valence-electron chi connectivity index (χ4n) is 9.53. The van der Waals surface area contributed by atoms with E-state index in [1.54, 1.807) is 0 Å². The molecule has 1 unspecified atom stereocenters. The van der Waals surface area contributed by atoms with Crippen LogP contribution in [0.5, 0.6) is 0 Å². The largest absolute Gasteiger partial charge is 0.462 e. The van der Waals surface area contributed by atoms with E-state index >= 15 is 0 Å². The van der Waals surface area contributed by atoms with Crippen LogP contribution in [0.3, 0.4) is 0 Å². The molecule has 0 aliphatic carbocycles. The minimum absolute atomic E-state index is 0.0762. The lowest BCUT2D eigenvalue weighted by molar-refractivity contribution is -0.167. The van der Waals surface area contributed by atoms with Gasteiger partial charge in [0.2, 0.25) is 0 Å². The molecule has 0 bridgehead atoms. The van der Waals surface area contributed by atoms with Gasteiger partial charge in [0.05, 0.1) is 0 Å². The summed E-state index contributed by atoms with van der Waals surface area (Å²) in [7, 11) is 0. The van der Waals surface area contributed by atoms with E-state index in [9.17, 15) is 14.4 Å². The first-order valence-corrected chi connectivity index (χ1v) is 32.9. The number of esters is 3. The number of carbonyl (C=O) groups is 3. The average molecular weight is 1060 g/mol. The molecule has 0 aromatic heterocycles. The second kappa shape index (κ2) is 64.4. The number of ether oxygens (including phenoxy) is 3. The summed E-state index contributed by atoms with van der Waals surface area (Å²) in [5.74, 6) is -0.872. The van der Waals surface area contributed by atoms with Crippen LogP contribution in [0.1, 0.15) is 335 Å². The Balaban J connectivity index is 4.21. The Morgan fingerprint density at radius 3 is 0.829 bits per heavy atom. The minimum Gasteiger partial charge on any atom is -0.462 e. The summed E-state index contributed by atoms with van der Waals surface area (Å²) >= 11 is 0. The van der Waals surface area contributed by atoms with Gasteiger partial charge in [0.15, 0.2) is 6.10 Å². The molecule has 0 N–H and O–H groups in total. The molecule has 440 valence electrons. The van der Waals surface area contributed by atoms with Crippen LogP contribution in [0.25, 0.3) is 0 Å². The highest BCUT2D eigenvalue weighted by Gasteiger charge is 2.19. The van der Waals surface area contributed by atoms with E-state index in [2.05, 4.69) is 93.7 Å². The summed E-state index contributed by atoms with van der Waals surface area (Å²) in [6.45, 7) is 6.53. The molecule has 0 saturated carbocycles. The van der Waals surface area contributed by atoms with Crippen molar-refractivity contribution in [3.63, 3.8) is 0 Å². The molecule has 6 heteroatoms. The number of hydrogen-bond acceptors (Lipinski definition) is 6. The predicted octanol–water partition coefficient (Wildman–Crippen LogP) is 22.5. The fraction of sp³-hybridized carbons (Fsp3) is 0.786. The summed E-state index contributed by atoms with van der Waals surface area (Å²) in [5, 5.41) is 0. The highest BCUT2D eigenvalue weighted by Crippen LogP contribution is 2.17.